The Balaban J connectivity index is 2.03. The van der Waals surface area contributed by atoms with E-state index in [1.165, 1.54) is 10.4 Å². The molecule has 0 saturated heterocycles. The van der Waals surface area contributed by atoms with Crippen LogP contribution in [-0.2, 0) is 21.4 Å². The van der Waals surface area contributed by atoms with Crippen LogP contribution in [0.5, 0.6) is 0 Å². The lowest BCUT2D eigenvalue weighted by molar-refractivity contribution is -0.125. The maximum atomic E-state index is 12.5. The zero-order valence-electron chi connectivity index (χ0n) is 16.2. The van der Waals surface area contributed by atoms with Crippen LogP contribution in [0.1, 0.15) is 30.9 Å². The molecule has 0 fully saturated rings. The Hall–Kier alpha value is -2.38. The number of carbonyl (C=O) groups is 1. The van der Waals surface area contributed by atoms with Gasteiger partial charge >= 0.3 is 0 Å². The second-order valence-electron chi connectivity index (χ2n) is 6.20. The van der Waals surface area contributed by atoms with Crippen molar-refractivity contribution in [2.24, 2.45) is 0 Å². The standard InChI is InChI=1S/C20H26N2O4S/c1-5-22(6-2)27(24,25)19-12-8-17(9-13-19)10-14-20(23)21(4)15-18-11-7-16(3)26-18/h7-14H,5-6,15H2,1-4H3/b14-10+. The summed E-state index contributed by atoms with van der Waals surface area (Å²) in [6.07, 6.45) is 3.13. The van der Waals surface area contributed by atoms with E-state index in [9.17, 15) is 13.2 Å². The average molecular weight is 391 g/mol. The number of furan rings is 1. The van der Waals surface area contributed by atoms with Gasteiger partial charge in [-0.15, -0.1) is 0 Å². The molecular formula is C20H26N2O4S. The molecule has 0 aliphatic heterocycles. The molecule has 0 aliphatic carbocycles. The second-order valence-corrected chi connectivity index (χ2v) is 8.14. The van der Waals surface area contributed by atoms with Crippen molar-refractivity contribution in [3.8, 4) is 0 Å². The fourth-order valence-electron chi connectivity index (χ4n) is 2.64. The first-order valence-corrected chi connectivity index (χ1v) is 10.3. The van der Waals surface area contributed by atoms with E-state index >= 15 is 0 Å². The van der Waals surface area contributed by atoms with Crippen LogP contribution in [0.25, 0.3) is 6.08 Å². The minimum absolute atomic E-state index is 0.163. The molecule has 0 radical (unpaired) electrons. The van der Waals surface area contributed by atoms with Crippen molar-refractivity contribution in [2.45, 2.75) is 32.2 Å². The van der Waals surface area contributed by atoms with E-state index in [4.69, 9.17) is 4.42 Å². The molecule has 0 unspecified atom stereocenters. The summed E-state index contributed by atoms with van der Waals surface area (Å²) in [5, 5.41) is 0. The number of hydrogen-bond donors (Lipinski definition) is 0. The number of amides is 1. The predicted molar refractivity (Wildman–Crippen MR) is 106 cm³/mol. The predicted octanol–water partition coefficient (Wildman–Crippen LogP) is 3.29. The third-order valence-electron chi connectivity index (χ3n) is 4.21. The lowest BCUT2D eigenvalue weighted by atomic mass is 10.2. The van der Waals surface area contributed by atoms with Gasteiger partial charge in [-0.2, -0.15) is 4.31 Å². The maximum absolute atomic E-state index is 12.5. The second kappa shape index (κ2) is 9.01. The molecule has 6 nitrogen and oxygen atoms in total. The van der Waals surface area contributed by atoms with E-state index < -0.39 is 10.0 Å². The summed E-state index contributed by atoms with van der Waals surface area (Å²) in [4.78, 5) is 14.0. The van der Waals surface area contributed by atoms with E-state index in [0.29, 0.717) is 19.6 Å². The summed E-state index contributed by atoms with van der Waals surface area (Å²) in [7, 11) is -1.77. The SMILES string of the molecule is CCN(CC)S(=O)(=O)c1ccc(/C=C/C(=O)N(C)Cc2ccc(C)o2)cc1. The molecule has 2 rings (SSSR count). The van der Waals surface area contributed by atoms with Gasteiger partial charge < -0.3 is 9.32 Å². The third kappa shape index (κ3) is 5.30. The van der Waals surface area contributed by atoms with Gasteiger partial charge in [-0.3, -0.25) is 4.79 Å². The number of benzene rings is 1. The molecule has 7 heteroatoms. The molecule has 27 heavy (non-hydrogen) atoms. The number of hydrogen-bond acceptors (Lipinski definition) is 4. The molecule has 1 aromatic carbocycles. The van der Waals surface area contributed by atoms with Gasteiger partial charge in [-0.1, -0.05) is 26.0 Å². The Bertz CT molecular complexity index is 894. The van der Waals surface area contributed by atoms with Gasteiger partial charge in [0.2, 0.25) is 15.9 Å². The van der Waals surface area contributed by atoms with Gasteiger partial charge in [0.15, 0.2) is 0 Å². The molecule has 2 aromatic rings. The van der Waals surface area contributed by atoms with Gasteiger partial charge in [0.05, 0.1) is 11.4 Å². The van der Waals surface area contributed by atoms with Gasteiger partial charge in [0.1, 0.15) is 11.5 Å². The van der Waals surface area contributed by atoms with Crippen LogP contribution in [0.4, 0.5) is 0 Å². The number of nitrogens with zero attached hydrogens (tertiary/aromatic N) is 2. The highest BCUT2D eigenvalue weighted by atomic mass is 32.2. The number of sulfonamides is 1. The highest BCUT2D eigenvalue weighted by molar-refractivity contribution is 7.89. The Morgan fingerprint density at radius 3 is 2.22 bits per heavy atom. The summed E-state index contributed by atoms with van der Waals surface area (Å²) < 4.78 is 31.8. The van der Waals surface area contributed by atoms with E-state index in [1.807, 2.05) is 32.9 Å². The van der Waals surface area contributed by atoms with Crippen molar-refractivity contribution in [3.63, 3.8) is 0 Å². The zero-order chi connectivity index (χ0) is 20.0. The van der Waals surface area contributed by atoms with Crippen LogP contribution >= 0.6 is 0 Å². The van der Waals surface area contributed by atoms with Crippen molar-refractivity contribution in [1.29, 1.82) is 0 Å². The molecule has 0 spiro atoms. The van der Waals surface area contributed by atoms with Crippen LogP contribution in [0.2, 0.25) is 0 Å². The number of rotatable bonds is 8. The molecular weight excluding hydrogens is 364 g/mol. The van der Waals surface area contributed by atoms with Crippen molar-refractivity contribution in [1.82, 2.24) is 9.21 Å². The summed E-state index contributed by atoms with van der Waals surface area (Å²) in [5.74, 6) is 1.37. The summed E-state index contributed by atoms with van der Waals surface area (Å²) in [6.45, 7) is 6.72. The van der Waals surface area contributed by atoms with E-state index in [0.717, 1.165) is 17.1 Å². The van der Waals surface area contributed by atoms with Crippen LogP contribution in [-0.4, -0.2) is 43.7 Å². The van der Waals surface area contributed by atoms with Crippen molar-refractivity contribution in [3.05, 3.63) is 59.6 Å². The minimum Gasteiger partial charge on any atom is -0.464 e. The van der Waals surface area contributed by atoms with Crippen LogP contribution in [0, 0.1) is 6.92 Å². The lowest BCUT2D eigenvalue weighted by Crippen LogP contribution is -2.30. The van der Waals surface area contributed by atoms with E-state index in [-0.39, 0.29) is 10.8 Å². The van der Waals surface area contributed by atoms with Crippen molar-refractivity contribution >= 4 is 22.0 Å². The monoisotopic (exact) mass is 390 g/mol. The van der Waals surface area contributed by atoms with Crippen LogP contribution in [0.15, 0.2) is 51.8 Å². The average Bonchev–Trinajstić information content (AvgIpc) is 3.05. The van der Waals surface area contributed by atoms with E-state index in [2.05, 4.69) is 0 Å². The molecule has 0 bridgehead atoms. The van der Waals surface area contributed by atoms with Gasteiger partial charge in [0.25, 0.3) is 0 Å². The lowest BCUT2D eigenvalue weighted by Gasteiger charge is -2.18. The normalized spacial score (nSPS) is 12.0. The molecule has 0 aliphatic rings. The van der Waals surface area contributed by atoms with Gasteiger partial charge in [-0.05, 0) is 42.8 Å². The molecule has 146 valence electrons. The molecule has 1 amide bonds. The molecule has 0 N–H and O–H groups in total. The fraction of sp³-hybridized carbons (Fsp3) is 0.350. The Morgan fingerprint density at radius 2 is 1.70 bits per heavy atom. The minimum atomic E-state index is -3.47. The molecule has 0 atom stereocenters. The van der Waals surface area contributed by atoms with Crippen molar-refractivity contribution in [2.75, 3.05) is 20.1 Å². The Morgan fingerprint density at radius 1 is 1.07 bits per heavy atom. The fourth-order valence-corrected chi connectivity index (χ4v) is 4.10. The van der Waals surface area contributed by atoms with Crippen LogP contribution in [0.3, 0.4) is 0 Å². The largest absolute Gasteiger partial charge is 0.464 e. The third-order valence-corrected chi connectivity index (χ3v) is 6.27. The van der Waals surface area contributed by atoms with Gasteiger partial charge in [-0.25, -0.2) is 8.42 Å². The first-order valence-electron chi connectivity index (χ1n) is 8.86. The molecule has 1 aromatic heterocycles. The van der Waals surface area contributed by atoms with Crippen molar-refractivity contribution < 1.29 is 17.6 Å². The number of carbonyl (C=O) groups excluding carboxylic acids is 1. The summed E-state index contributed by atoms with van der Waals surface area (Å²) >= 11 is 0. The zero-order valence-corrected chi connectivity index (χ0v) is 17.0. The topological polar surface area (TPSA) is 70.8 Å². The highest BCUT2D eigenvalue weighted by Gasteiger charge is 2.20. The maximum Gasteiger partial charge on any atom is 0.246 e. The van der Waals surface area contributed by atoms with Crippen LogP contribution < -0.4 is 0 Å². The summed E-state index contributed by atoms with van der Waals surface area (Å²) in [6, 6.07) is 10.2. The van der Waals surface area contributed by atoms with Gasteiger partial charge in [0, 0.05) is 26.2 Å². The molecule has 0 saturated carbocycles. The smallest absolute Gasteiger partial charge is 0.246 e. The quantitative estimate of drug-likeness (QED) is 0.649. The van der Waals surface area contributed by atoms with E-state index in [1.54, 1.807) is 42.3 Å². The molecule has 1 heterocycles. The number of aryl methyl sites for hydroxylation is 1. The highest BCUT2D eigenvalue weighted by Crippen LogP contribution is 2.17. The first kappa shape index (κ1) is 20.9. The first-order chi connectivity index (χ1) is 12.8. The Labute approximate surface area is 161 Å². The Kier molecular flexibility index (Phi) is 6.98. The number of likely N-dealkylation sites (N-methyl/N-ethyl adjacent to an activating group) is 1. The summed E-state index contributed by atoms with van der Waals surface area (Å²) in [5.41, 5.74) is 0.754.